The molecule has 0 fully saturated rings. The molecule has 14 heavy (non-hydrogen) atoms. The van der Waals surface area contributed by atoms with Crippen LogP contribution in [0.25, 0.3) is 10.9 Å². The fourth-order valence-electron chi connectivity index (χ4n) is 1.81. The van der Waals surface area contributed by atoms with Crippen molar-refractivity contribution in [1.29, 1.82) is 0 Å². The summed E-state index contributed by atoms with van der Waals surface area (Å²) in [6, 6.07) is 8.65. The van der Waals surface area contributed by atoms with Crippen molar-refractivity contribution in [2.75, 3.05) is 0 Å². The third-order valence-corrected chi connectivity index (χ3v) is 2.63. The highest BCUT2D eigenvalue weighted by atomic mass is 14.6. The summed E-state index contributed by atoms with van der Waals surface area (Å²) in [4.78, 5) is 4.43. The Labute approximate surface area is 84.8 Å². The Bertz CT molecular complexity index is 446. The van der Waals surface area contributed by atoms with Crippen LogP contribution in [-0.2, 0) is 12.8 Å². The zero-order chi connectivity index (χ0) is 9.97. The number of aromatic nitrogens is 1. The Morgan fingerprint density at radius 1 is 1.14 bits per heavy atom. The molecular weight excluding hydrogens is 170 g/mol. The molecule has 1 heteroatoms. The molecule has 0 N–H and O–H groups in total. The van der Waals surface area contributed by atoms with Crippen molar-refractivity contribution in [3.05, 3.63) is 41.6 Å². The number of fused-ring (bicyclic) bond motifs is 1. The van der Waals surface area contributed by atoms with Gasteiger partial charge in [-0.3, -0.25) is 4.98 Å². The molecule has 0 amide bonds. The molecule has 0 aliphatic heterocycles. The van der Waals surface area contributed by atoms with Gasteiger partial charge in [0.05, 0.1) is 5.52 Å². The van der Waals surface area contributed by atoms with E-state index in [1.807, 2.05) is 12.3 Å². The Kier molecular flexibility index (Phi) is 2.49. The Morgan fingerprint density at radius 3 is 2.71 bits per heavy atom. The highest BCUT2D eigenvalue weighted by Crippen LogP contribution is 2.19. The van der Waals surface area contributed by atoms with Crippen LogP contribution in [0.15, 0.2) is 30.5 Å². The van der Waals surface area contributed by atoms with Gasteiger partial charge < -0.3 is 0 Å². The van der Waals surface area contributed by atoms with Crippen LogP contribution in [0.3, 0.4) is 0 Å². The molecule has 0 radical (unpaired) electrons. The van der Waals surface area contributed by atoms with Crippen molar-refractivity contribution in [2.24, 2.45) is 0 Å². The van der Waals surface area contributed by atoms with Gasteiger partial charge in [-0.05, 0) is 36.1 Å². The molecule has 0 unspecified atom stereocenters. The van der Waals surface area contributed by atoms with E-state index in [4.69, 9.17) is 0 Å². The maximum Gasteiger partial charge on any atom is 0.0733 e. The Balaban J connectivity index is 2.73. The van der Waals surface area contributed by atoms with Gasteiger partial charge in [-0.2, -0.15) is 0 Å². The minimum Gasteiger partial charge on any atom is -0.256 e. The lowest BCUT2D eigenvalue weighted by Crippen LogP contribution is -1.90. The van der Waals surface area contributed by atoms with Gasteiger partial charge in [0.1, 0.15) is 0 Å². The molecule has 2 aromatic rings. The van der Waals surface area contributed by atoms with Gasteiger partial charge in [0.2, 0.25) is 0 Å². The monoisotopic (exact) mass is 185 g/mol. The summed E-state index contributed by atoms with van der Waals surface area (Å²) in [6.07, 6.45) is 4.02. The number of benzene rings is 1. The van der Waals surface area contributed by atoms with Crippen molar-refractivity contribution >= 4 is 10.9 Å². The van der Waals surface area contributed by atoms with E-state index in [9.17, 15) is 0 Å². The standard InChI is InChI=1S/C13H15N/c1-3-10-8-11(4-2)13-12(9-10)6-5-7-14-13/h5-9H,3-4H2,1-2H3. The first-order chi connectivity index (χ1) is 6.85. The van der Waals surface area contributed by atoms with Crippen LogP contribution in [-0.4, -0.2) is 4.98 Å². The van der Waals surface area contributed by atoms with Crippen molar-refractivity contribution in [3.63, 3.8) is 0 Å². The number of aryl methyl sites for hydroxylation is 2. The molecule has 2 rings (SSSR count). The molecule has 1 nitrogen and oxygen atoms in total. The second-order valence-electron chi connectivity index (χ2n) is 3.54. The van der Waals surface area contributed by atoms with Crippen molar-refractivity contribution in [1.82, 2.24) is 4.98 Å². The summed E-state index contributed by atoms with van der Waals surface area (Å²) < 4.78 is 0. The minimum atomic E-state index is 1.06. The Morgan fingerprint density at radius 2 is 2.00 bits per heavy atom. The fourth-order valence-corrected chi connectivity index (χ4v) is 1.81. The second kappa shape index (κ2) is 3.79. The average Bonchev–Trinajstić information content (AvgIpc) is 2.27. The third-order valence-electron chi connectivity index (χ3n) is 2.63. The lowest BCUT2D eigenvalue weighted by Gasteiger charge is -2.06. The second-order valence-corrected chi connectivity index (χ2v) is 3.54. The van der Waals surface area contributed by atoms with Crippen LogP contribution in [0, 0.1) is 0 Å². The first kappa shape index (κ1) is 9.20. The number of nitrogens with zero attached hydrogens (tertiary/aromatic N) is 1. The van der Waals surface area contributed by atoms with Crippen LogP contribution in [0.1, 0.15) is 25.0 Å². The maximum absolute atomic E-state index is 4.43. The van der Waals surface area contributed by atoms with Crippen LogP contribution in [0.2, 0.25) is 0 Å². The van der Waals surface area contributed by atoms with Crippen molar-refractivity contribution in [2.45, 2.75) is 26.7 Å². The van der Waals surface area contributed by atoms with E-state index in [0.717, 1.165) is 18.4 Å². The predicted molar refractivity (Wildman–Crippen MR) is 60.5 cm³/mol. The summed E-state index contributed by atoms with van der Waals surface area (Å²) in [6.45, 7) is 4.37. The molecule has 0 spiro atoms. The normalized spacial score (nSPS) is 10.7. The molecule has 0 bridgehead atoms. The largest absolute Gasteiger partial charge is 0.256 e. The van der Waals surface area contributed by atoms with E-state index >= 15 is 0 Å². The van der Waals surface area contributed by atoms with E-state index in [1.165, 1.54) is 16.5 Å². The van der Waals surface area contributed by atoms with Crippen molar-refractivity contribution < 1.29 is 0 Å². The van der Waals surface area contributed by atoms with Gasteiger partial charge in [-0.1, -0.05) is 26.0 Å². The average molecular weight is 185 g/mol. The maximum atomic E-state index is 4.43. The first-order valence-electron chi connectivity index (χ1n) is 5.21. The molecule has 1 aromatic carbocycles. The third kappa shape index (κ3) is 1.50. The molecule has 0 aliphatic carbocycles. The van der Waals surface area contributed by atoms with E-state index in [-0.39, 0.29) is 0 Å². The summed E-state index contributed by atoms with van der Waals surface area (Å²) in [7, 11) is 0. The van der Waals surface area contributed by atoms with Crippen LogP contribution in [0.5, 0.6) is 0 Å². The van der Waals surface area contributed by atoms with Crippen LogP contribution < -0.4 is 0 Å². The van der Waals surface area contributed by atoms with Crippen molar-refractivity contribution in [3.8, 4) is 0 Å². The molecule has 0 saturated carbocycles. The topological polar surface area (TPSA) is 12.9 Å². The molecule has 0 saturated heterocycles. The molecule has 0 atom stereocenters. The predicted octanol–water partition coefficient (Wildman–Crippen LogP) is 3.36. The fraction of sp³-hybridized carbons (Fsp3) is 0.308. The first-order valence-corrected chi connectivity index (χ1v) is 5.21. The number of hydrogen-bond acceptors (Lipinski definition) is 1. The van der Waals surface area contributed by atoms with Gasteiger partial charge in [0.15, 0.2) is 0 Å². The molecule has 1 heterocycles. The lowest BCUT2D eigenvalue weighted by atomic mass is 10.0. The number of hydrogen-bond donors (Lipinski definition) is 0. The van der Waals surface area contributed by atoms with E-state index in [1.54, 1.807) is 0 Å². The highest BCUT2D eigenvalue weighted by molar-refractivity contribution is 5.82. The summed E-state index contributed by atoms with van der Waals surface area (Å²) in [5, 5.41) is 1.27. The molecule has 0 aliphatic rings. The molecule has 72 valence electrons. The van der Waals surface area contributed by atoms with Crippen LogP contribution >= 0.6 is 0 Å². The van der Waals surface area contributed by atoms with Gasteiger partial charge in [-0.15, -0.1) is 0 Å². The van der Waals surface area contributed by atoms with E-state index in [0.29, 0.717) is 0 Å². The number of rotatable bonds is 2. The Hall–Kier alpha value is -1.37. The van der Waals surface area contributed by atoms with Gasteiger partial charge >= 0.3 is 0 Å². The zero-order valence-electron chi connectivity index (χ0n) is 8.75. The minimum absolute atomic E-state index is 1.06. The molecular formula is C13H15N. The van der Waals surface area contributed by atoms with E-state index in [2.05, 4.69) is 37.0 Å². The quantitative estimate of drug-likeness (QED) is 0.699. The SMILES string of the molecule is CCc1cc(CC)c2ncccc2c1. The van der Waals surface area contributed by atoms with Gasteiger partial charge in [0.25, 0.3) is 0 Å². The summed E-state index contributed by atoms with van der Waals surface area (Å²) in [5.41, 5.74) is 3.93. The number of pyridine rings is 1. The van der Waals surface area contributed by atoms with Gasteiger partial charge in [-0.25, -0.2) is 0 Å². The van der Waals surface area contributed by atoms with Gasteiger partial charge in [0, 0.05) is 11.6 Å². The smallest absolute Gasteiger partial charge is 0.0733 e. The highest BCUT2D eigenvalue weighted by Gasteiger charge is 2.01. The summed E-state index contributed by atoms with van der Waals surface area (Å²) in [5.74, 6) is 0. The van der Waals surface area contributed by atoms with Crippen LogP contribution in [0.4, 0.5) is 0 Å². The van der Waals surface area contributed by atoms with E-state index < -0.39 is 0 Å². The zero-order valence-corrected chi connectivity index (χ0v) is 8.75. The lowest BCUT2D eigenvalue weighted by molar-refractivity contribution is 1.09. The summed E-state index contributed by atoms with van der Waals surface area (Å²) >= 11 is 0. The molecule has 1 aromatic heterocycles.